The first kappa shape index (κ1) is 14.9. The van der Waals surface area contributed by atoms with Crippen molar-refractivity contribution in [2.45, 2.75) is 32.2 Å². The molecule has 1 aliphatic carbocycles. The molecule has 1 aromatic carbocycles. The summed E-state index contributed by atoms with van der Waals surface area (Å²) in [6.45, 7) is 2.25. The standard InChI is InChI=1S/C15H19ClN2O2/c1-11(19)18(14-6-7-14)10-15(20)17-9-8-12-2-4-13(16)5-3-12/h2-5,14H,6-10H2,1H3,(H,17,20). The zero-order valence-corrected chi connectivity index (χ0v) is 12.3. The highest BCUT2D eigenvalue weighted by atomic mass is 35.5. The molecule has 2 amide bonds. The molecule has 108 valence electrons. The Bertz CT molecular complexity index is 483. The van der Waals surface area contributed by atoms with Crippen molar-refractivity contribution in [1.82, 2.24) is 10.2 Å². The minimum absolute atomic E-state index is 0.0275. The zero-order chi connectivity index (χ0) is 14.5. The van der Waals surface area contributed by atoms with E-state index in [1.165, 1.54) is 6.92 Å². The van der Waals surface area contributed by atoms with Crippen molar-refractivity contribution in [1.29, 1.82) is 0 Å². The summed E-state index contributed by atoms with van der Waals surface area (Å²) in [6.07, 6.45) is 2.78. The van der Waals surface area contributed by atoms with Gasteiger partial charge in [0.2, 0.25) is 11.8 Å². The fraction of sp³-hybridized carbons (Fsp3) is 0.467. The maximum atomic E-state index is 11.8. The van der Waals surface area contributed by atoms with Gasteiger partial charge in [-0.25, -0.2) is 0 Å². The van der Waals surface area contributed by atoms with Crippen molar-refractivity contribution in [2.24, 2.45) is 0 Å². The van der Waals surface area contributed by atoms with Crippen molar-refractivity contribution in [2.75, 3.05) is 13.1 Å². The molecule has 0 saturated heterocycles. The van der Waals surface area contributed by atoms with Gasteiger partial charge in [0.25, 0.3) is 0 Å². The molecule has 2 rings (SSSR count). The molecule has 0 aromatic heterocycles. The van der Waals surface area contributed by atoms with Gasteiger partial charge in [-0.3, -0.25) is 9.59 Å². The van der Waals surface area contributed by atoms with E-state index < -0.39 is 0 Å². The summed E-state index contributed by atoms with van der Waals surface area (Å²) in [7, 11) is 0. The second-order valence-electron chi connectivity index (χ2n) is 5.10. The highest BCUT2D eigenvalue weighted by Gasteiger charge is 2.31. The predicted molar refractivity (Wildman–Crippen MR) is 78.6 cm³/mol. The average Bonchev–Trinajstić information content (AvgIpc) is 3.22. The Kier molecular flexibility index (Phi) is 5.01. The molecular formula is C15H19ClN2O2. The first-order valence-electron chi connectivity index (χ1n) is 6.84. The molecule has 5 heteroatoms. The van der Waals surface area contributed by atoms with E-state index in [1.807, 2.05) is 24.3 Å². The van der Waals surface area contributed by atoms with Gasteiger partial charge in [-0.1, -0.05) is 23.7 Å². The number of amides is 2. The Morgan fingerprint density at radius 3 is 2.50 bits per heavy atom. The lowest BCUT2D eigenvalue weighted by atomic mass is 10.1. The van der Waals surface area contributed by atoms with Gasteiger partial charge in [-0.15, -0.1) is 0 Å². The number of hydrogen-bond donors (Lipinski definition) is 1. The number of halogens is 1. The molecular weight excluding hydrogens is 276 g/mol. The van der Waals surface area contributed by atoms with Crippen LogP contribution in [0.5, 0.6) is 0 Å². The van der Waals surface area contributed by atoms with Crippen LogP contribution < -0.4 is 5.32 Å². The highest BCUT2D eigenvalue weighted by Crippen LogP contribution is 2.26. The Balaban J connectivity index is 1.72. The van der Waals surface area contributed by atoms with E-state index in [0.717, 1.165) is 24.8 Å². The topological polar surface area (TPSA) is 49.4 Å². The smallest absolute Gasteiger partial charge is 0.239 e. The number of carbonyl (C=O) groups is 2. The molecule has 0 unspecified atom stereocenters. The molecule has 0 aliphatic heterocycles. The van der Waals surface area contributed by atoms with Crippen molar-refractivity contribution in [3.63, 3.8) is 0 Å². The minimum atomic E-state index is -0.0962. The third-order valence-electron chi connectivity index (χ3n) is 3.36. The maximum absolute atomic E-state index is 11.8. The first-order chi connectivity index (χ1) is 9.56. The number of nitrogens with one attached hydrogen (secondary N) is 1. The van der Waals surface area contributed by atoms with E-state index in [0.29, 0.717) is 11.6 Å². The van der Waals surface area contributed by atoms with Gasteiger partial charge in [-0.2, -0.15) is 0 Å². The van der Waals surface area contributed by atoms with Gasteiger partial charge in [0.15, 0.2) is 0 Å². The van der Waals surface area contributed by atoms with Crippen LogP contribution in [0, 0.1) is 0 Å². The number of hydrogen-bond acceptors (Lipinski definition) is 2. The van der Waals surface area contributed by atoms with Crippen LogP contribution in [0.3, 0.4) is 0 Å². The molecule has 1 N–H and O–H groups in total. The lowest BCUT2D eigenvalue weighted by Gasteiger charge is -2.19. The van der Waals surface area contributed by atoms with Crippen LogP contribution in [0.1, 0.15) is 25.3 Å². The number of rotatable bonds is 6. The summed E-state index contributed by atoms with van der Waals surface area (Å²) in [4.78, 5) is 24.9. The van der Waals surface area contributed by atoms with E-state index in [4.69, 9.17) is 11.6 Å². The van der Waals surface area contributed by atoms with Crippen LogP contribution in [0.4, 0.5) is 0 Å². The molecule has 20 heavy (non-hydrogen) atoms. The number of carbonyl (C=O) groups excluding carboxylic acids is 2. The van der Waals surface area contributed by atoms with Gasteiger partial charge in [0.05, 0.1) is 6.54 Å². The van der Waals surface area contributed by atoms with E-state index >= 15 is 0 Å². The summed E-state index contributed by atoms with van der Waals surface area (Å²) in [6, 6.07) is 7.84. The average molecular weight is 295 g/mol. The maximum Gasteiger partial charge on any atom is 0.239 e. The molecule has 0 radical (unpaired) electrons. The van der Waals surface area contributed by atoms with E-state index in [1.54, 1.807) is 4.90 Å². The minimum Gasteiger partial charge on any atom is -0.354 e. The zero-order valence-electron chi connectivity index (χ0n) is 11.6. The van der Waals surface area contributed by atoms with E-state index in [9.17, 15) is 9.59 Å². The van der Waals surface area contributed by atoms with Crippen LogP contribution in [0.2, 0.25) is 5.02 Å². The van der Waals surface area contributed by atoms with Gasteiger partial charge in [-0.05, 0) is 37.0 Å². The quantitative estimate of drug-likeness (QED) is 0.872. The van der Waals surface area contributed by atoms with Gasteiger partial charge < -0.3 is 10.2 Å². The Labute approximate surface area is 124 Å². The second kappa shape index (κ2) is 6.75. The summed E-state index contributed by atoms with van der Waals surface area (Å²) < 4.78 is 0. The van der Waals surface area contributed by atoms with Gasteiger partial charge in [0.1, 0.15) is 0 Å². The molecule has 0 bridgehead atoms. The first-order valence-corrected chi connectivity index (χ1v) is 7.22. The fourth-order valence-corrected chi connectivity index (χ4v) is 2.22. The second-order valence-corrected chi connectivity index (χ2v) is 5.54. The number of nitrogens with zero attached hydrogens (tertiary/aromatic N) is 1. The van der Waals surface area contributed by atoms with Crippen LogP contribution in [0.25, 0.3) is 0 Å². The Hall–Kier alpha value is -1.55. The van der Waals surface area contributed by atoms with Crippen molar-refractivity contribution >= 4 is 23.4 Å². The molecule has 0 spiro atoms. The van der Waals surface area contributed by atoms with Crippen molar-refractivity contribution < 1.29 is 9.59 Å². The van der Waals surface area contributed by atoms with Crippen molar-refractivity contribution in [3.8, 4) is 0 Å². The van der Waals surface area contributed by atoms with E-state index in [-0.39, 0.29) is 24.4 Å². The van der Waals surface area contributed by atoms with Crippen molar-refractivity contribution in [3.05, 3.63) is 34.9 Å². The molecule has 1 fully saturated rings. The van der Waals surface area contributed by atoms with Gasteiger partial charge in [0, 0.05) is 24.5 Å². The molecule has 0 heterocycles. The summed E-state index contributed by atoms with van der Waals surface area (Å²) in [5.41, 5.74) is 1.13. The van der Waals surface area contributed by atoms with Crippen LogP contribution in [0.15, 0.2) is 24.3 Å². The summed E-state index contributed by atoms with van der Waals surface area (Å²) >= 11 is 5.81. The summed E-state index contributed by atoms with van der Waals surface area (Å²) in [5, 5.41) is 3.56. The summed E-state index contributed by atoms with van der Waals surface area (Å²) in [5.74, 6) is -0.124. The largest absolute Gasteiger partial charge is 0.354 e. The normalized spacial score (nSPS) is 13.9. The lowest BCUT2D eigenvalue weighted by Crippen LogP contribution is -2.41. The Morgan fingerprint density at radius 2 is 1.95 bits per heavy atom. The molecule has 0 atom stereocenters. The number of benzene rings is 1. The van der Waals surface area contributed by atoms with Crippen LogP contribution >= 0.6 is 11.6 Å². The fourth-order valence-electron chi connectivity index (χ4n) is 2.09. The van der Waals surface area contributed by atoms with E-state index in [2.05, 4.69) is 5.32 Å². The SMILES string of the molecule is CC(=O)N(CC(=O)NCCc1ccc(Cl)cc1)C1CC1. The molecule has 1 aromatic rings. The van der Waals surface area contributed by atoms with Gasteiger partial charge >= 0.3 is 0 Å². The Morgan fingerprint density at radius 1 is 1.30 bits per heavy atom. The predicted octanol–water partition coefficient (Wildman–Crippen LogP) is 2.01. The molecule has 1 aliphatic rings. The molecule has 1 saturated carbocycles. The highest BCUT2D eigenvalue weighted by molar-refractivity contribution is 6.30. The van der Waals surface area contributed by atoms with Crippen LogP contribution in [-0.2, 0) is 16.0 Å². The monoisotopic (exact) mass is 294 g/mol. The third kappa shape index (κ3) is 4.53. The molecule has 4 nitrogen and oxygen atoms in total. The van der Waals surface area contributed by atoms with Crippen LogP contribution in [-0.4, -0.2) is 35.8 Å². The lowest BCUT2D eigenvalue weighted by molar-refractivity contribution is -0.134. The third-order valence-corrected chi connectivity index (χ3v) is 3.61.